The van der Waals surface area contributed by atoms with Crippen LogP contribution in [0.25, 0.3) is 10.8 Å². The average Bonchev–Trinajstić information content (AvgIpc) is 2.16. The molecule has 2 nitrogen and oxygen atoms in total. The Kier molecular flexibility index (Phi) is 1.77. The van der Waals surface area contributed by atoms with Crippen LogP contribution >= 0.6 is 0 Å². The van der Waals surface area contributed by atoms with Crippen molar-refractivity contribution >= 4 is 17.1 Å². The van der Waals surface area contributed by atoms with Crippen LogP contribution in [0.15, 0.2) is 30.6 Å². The highest BCUT2D eigenvalue weighted by Gasteiger charge is 2.00. The predicted octanol–water partition coefficient (Wildman–Crippen LogP) is 2.19. The second-order valence-electron chi connectivity index (χ2n) is 2.71. The number of pyridine rings is 1. The molecular formula is C10H6FNO. The van der Waals surface area contributed by atoms with Crippen molar-refractivity contribution in [2.24, 2.45) is 0 Å². The van der Waals surface area contributed by atoms with E-state index in [0.29, 0.717) is 17.2 Å². The number of fused-ring (bicyclic) bond motifs is 1. The number of nitrogens with zero attached hydrogens (tertiary/aromatic N) is 1. The van der Waals surface area contributed by atoms with E-state index in [0.717, 1.165) is 5.39 Å². The van der Waals surface area contributed by atoms with E-state index in [4.69, 9.17) is 0 Å². The number of rotatable bonds is 1. The topological polar surface area (TPSA) is 30.0 Å². The van der Waals surface area contributed by atoms with Gasteiger partial charge >= 0.3 is 0 Å². The molecule has 0 spiro atoms. The molecule has 2 rings (SSSR count). The molecule has 0 saturated heterocycles. The van der Waals surface area contributed by atoms with Gasteiger partial charge in [0.15, 0.2) is 6.29 Å². The maximum Gasteiger partial charge on any atom is 0.152 e. The van der Waals surface area contributed by atoms with Crippen LogP contribution in [-0.4, -0.2) is 11.3 Å². The van der Waals surface area contributed by atoms with E-state index in [1.165, 1.54) is 24.5 Å². The third-order valence-electron chi connectivity index (χ3n) is 1.88. The molecule has 0 radical (unpaired) electrons. The summed E-state index contributed by atoms with van der Waals surface area (Å²) in [5.41, 5.74) is 0.484. The number of carbonyl (C=O) groups is 1. The SMILES string of the molecule is O=Cc1cncc2cc(F)ccc12. The van der Waals surface area contributed by atoms with Crippen LogP contribution in [0.5, 0.6) is 0 Å². The number of hydrogen-bond donors (Lipinski definition) is 0. The first-order chi connectivity index (χ1) is 6.31. The Balaban J connectivity index is 2.84. The van der Waals surface area contributed by atoms with Crippen molar-refractivity contribution in [3.05, 3.63) is 42.0 Å². The molecule has 0 unspecified atom stereocenters. The van der Waals surface area contributed by atoms with Gasteiger partial charge in [0.05, 0.1) is 0 Å². The third-order valence-corrected chi connectivity index (χ3v) is 1.88. The van der Waals surface area contributed by atoms with E-state index in [9.17, 15) is 9.18 Å². The fourth-order valence-corrected chi connectivity index (χ4v) is 1.26. The van der Waals surface area contributed by atoms with Crippen LogP contribution in [0.3, 0.4) is 0 Å². The molecule has 1 aromatic heterocycles. The molecule has 13 heavy (non-hydrogen) atoms. The lowest BCUT2D eigenvalue weighted by atomic mass is 10.1. The molecule has 3 heteroatoms. The van der Waals surface area contributed by atoms with Crippen molar-refractivity contribution in [1.82, 2.24) is 4.98 Å². The minimum atomic E-state index is -0.322. The van der Waals surface area contributed by atoms with E-state index in [2.05, 4.69) is 4.98 Å². The van der Waals surface area contributed by atoms with Crippen LogP contribution in [0.2, 0.25) is 0 Å². The third kappa shape index (κ3) is 1.28. The molecule has 0 N–H and O–H groups in total. The number of aldehydes is 1. The van der Waals surface area contributed by atoms with Gasteiger partial charge in [-0.15, -0.1) is 0 Å². The van der Waals surface area contributed by atoms with Gasteiger partial charge in [-0.1, -0.05) is 6.07 Å². The lowest BCUT2D eigenvalue weighted by Crippen LogP contribution is -1.86. The van der Waals surface area contributed by atoms with Gasteiger partial charge in [0.1, 0.15) is 5.82 Å². The second-order valence-corrected chi connectivity index (χ2v) is 2.71. The summed E-state index contributed by atoms with van der Waals surface area (Å²) < 4.78 is 12.8. The highest BCUT2D eigenvalue weighted by Crippen LogP contribution is 2.16. The highest BCUT2D eigenvalue weighted by molar-refractivity contribution is 5.97. The molecule has 0 aliphatic rings. The molecule has 0 atom stereocenters. The highest BCUT2D eigenvalue weighted by atomic mass is 19.1. The molecule has 0 amide bonds. The maximum atomic E-state index is 12.8. The molecule has 0 aliphatic carbocycles. The van der Waals surface area contributed by atoms with Crippen LogP contribution in [0.1, 0.15) is 10.4 Å². The first-order valence-electron chi connectivity index (χ1n) is 3.80. The Hall–Kier alpha value is -1.77. The van der Waals surface area contributed by atoms with Crippen LogP contribution in [0, 0.1) is 5.82 Å². The van der Waals surface area contributed by atoms with Crippen molar-refractivity contribution in [3.8, 4) is 0 Å². The van der Waals surface area contributed by atoms with Crippen LogP contribution in [-0.2, 0) is 0 Å². The van der Waals surface area contributed by atoms with Gasteiger partial charge in [0.25, 0.3) is 0 Å². The van der Waals surface area contributed by atoms with E-state index in [1.54, 1.807) is 6.07 Å². The first-order valence-corrected chi connectivity index (χ1v) is 3.80. The summed E-state index contributed by atoms with van der Waals surface area (Å²) in [6.45, 7) is 0. The van der Waals surface area contributed by atoms with Crippen molar-refractivity contribution in [3.63, 3.8) is 0 Å². The summed E-state index contributed by atoms with van der Waals surface area (Å²) in [6, 6.07) is 4.26. The number of halogens is 1. The summed E-state index contributed by atoms with van der Waals surface area (Å²) in [5, 5.41) is 1.37. The van der Waals surface area contributed by atoms with E-state index < -0.39 is 0 Å². The molecule has 0 aliphatic heterocycles. The van der Waals surface area contributed by atoms with E-state index in [1.807, 2.05) is 0 Å². The number of hydrogen-bond acceptors (Lipinski definition) is 2. The van der Waals surface area contributed by atoms with E-state index in [-0.39, 0.29) is 5.82 Å². The Bertz CT molecular complexity index is 467. The summed E-state index contributed by atoms with van der Waals surface area (Å²) >= 11 is 0. The molecule has 1 aromatic carbocycles. The summed E-state index contributed by atoms with van der Waals surface area (Å²) in [4.78, 5) is 14.4. The Morgan fingerprint density at radius 1 is 1.31 bits per heavy atom. The molecular weight excluding hydrogens is 169 g/mol. The zero-order valence-corrected chi connectivity index (χ0v) is 6.70. The Morgan fingerprint density at radius 2 is 2.15 bits per heavy atom. The maximum absolute atomic E-state index is 12.8. The lowest BCUT2D eigenvalue weighted by molar-refractivity contribution is 0.112. The standard InChI is InChI=1S/C10H6FNO/c11-9-1-2-10-7(3-9)4-12-5-8(10)6-13/h1-6H. The van der Waals surface area contributed by atoms with Gasteiger partial charge in [-0.25, -0.2) is 4.39 Å². The normalized spacial score (nSPS) is 10.2. The van der Waals surface area contributed by atoms with Crippen molar-refractivity contribution < 1.29 is 9.18 Å². The molecule has 0 saturated carbocycles. The van der Waals surface area contributed by atoms with Gasteiger partial charge in [0.2, 0.25) is 0 Å². The largest absolute Gasteiger partial charge is 0.298 e. The minimum absolute atomic E-state index is 0.322. The summed E-state index contributed by atoms with van der Waals surface area (Å²) in [7, 11) is 0. The number of benzene rings is 1. The van der Waals surface area contributed by atoms with E-state index >= 15 is 0 Å². The quantitative estimate of drug-likeness (QED) is 0.622. The minimum Gasteiger partial charge on any atom is -0.298 e. The first kappa shape index (κ1) is 7.86. The lowest BCUT2D eigenvalue weighted by Gasteiger charge is -1.98. The Morgan fingerprint density at radius 3 is 2.92 bits per heavy atom. The zero-order chi connectivity index (χ0) is 9.26. The van der Waals surface area contributed by atoms with Gasteiger partial charge in [-0.2, -0.15) is 0 Å². The number of carbonyl (C=O) groups excluding carboxylic acids is 1. The summed E-state index contributed by atoms with van der Waals surface area (Å²) in [5.74, 6) is -0.322. The average molecular weight is 175 g/mol. The van der Waals surface area contributed by atoms with Gasteiger partial charge in [-0.3, -0.25) is 9.78 Å². The van der Waals surface area contributed by atoms with Crippen molar-refractivity contribution in [2.75, 3.05) is 0 Å². The smallest absolute Gasteiger partial charge is 0.152 e. The fourth-order valence-electron chi connectivity index (χ4n) is 1.26. The zero-order valence-electron chi connectivity index (χ0n) is 6.70. The molecule has 2 aromatic rings. The summed E-state index contributed by atoms with van der Waals surface area (Å²) in [6.07, 6.45) is 3.71. The monoisotopic (exact) mass is 175 g/mol. The van der Waals surface area contributed by atoms with Gasteiger partial charge in [-0.05, 0) is 17.5 Å². The number of aromatic nitrogens is 1. The molecule has 64 valence electrons. The molecule has 1 heterocycles. The van der Waals surface area contributed by atoms with Gasteiger partial charge < -0.3 is 0 Å². The second kappa shape index (κ2) is 2.94. The molecule has 0 bridgehead atoms. The van der Waals surface area contributed by atoms with Crippen LogP contribution < -0.4 is 0 Å². The van der Waals surface area contributed by atoms with Crippen LogP contribution in [0.4, 0.5) is 4.39 Å². The fraction of sp³-hybridized carbons (Fsp3) is 0. The predicted molar refractivity (Wildman–Crippen MR) is 47.1 cm³/mol. The van der Waals surface area contributed by atoms with Crippen molar-refractivity contribution in [2.45, 2.75) is 0 Å². The Labute approximate surface area is 74.0 Å². The van der Waals surface area contributed by atoms with Crippen molar-refractivity contribution in [1.29, 1.82) is 0 Å². The van der Waals surface area contributed by atoms with Gasteiger partial charge in [0, 0.05) is 23.3 Å². The molecule has 0 fully saturated rings.